The molecule has 3 atom stereocenters. The Hall–Kier alpha value is -0.220. The average Bonchev–Trinajstić information content (AvgIpc) is 2.41. The highest BCUT2D eigenvalue weighted by atomic mass is 31.1. The van der Waals surface area contributed by atoms with Crippen LogP contribution in [0, 0.1) is 11.8 Å². The van der Waals surface area contributed by atoms with Crippen molar-refractivity contribution in [1.29, 1.82) is 0 Å². The van der Waals surface area contributed by atoms with E-state index in [2.05, 4.69) is 38.0 Å². The van der Waals surface area contributed by atoms with E-state index in [0.717, 1.165) is 11.8 Å². The van der Waals surface area contributed by atoms with Crippen molar-refractivity contribution in [3.63, 3.8) is 0 Å². The van der Waals surface area contributed by atoms with Crippen LogP contribution in [0.15, 0.2) is 24.8 Å². The minimum atomic E-state index is -0.330. The first-order valence-electron chi connectivity index (χ1n) is 7.72. The number of hydrogen-bond donors (Lipinski definition) is 0. The first-order valence-corrected chi connectivity index (χ1v) is 9.84. The van der Waals surface area contributed by atoms with Gasteiger partial charge in [0.1, 0.15) is 0 Å². The van der Waals surface area contributed by atoms with Gasteiger partial charge in [0.25, 0.3) is 0 Å². The van der Waals surface area contributed by atoms with E-state index in [9.17, 15) is 0 Å². The Bertz CT molecular complexity index is 277. The Balaban J connectivity index is 2.22. The van der Waals surface area contributed by atoms with Gasteiger partial charge < -0.3 is 0 Å². The molecule has 0 spiro atoms. The van der Waals surface area contributed by atoms with Crippen molar-refractivity contribution in [1.82, 2.24) is 0 Å². The van der Waals surface area contributed by atoms with Gasteiger partial charge in [-0.2, -0.15) is 0 Å². The normalized spacial score (nSPS) is 26.3. The molecule has 0 nitrogen and oxygen atoms in total. The SMILES string of the molecule is C=CC1CCCCC1C/C=C/C[PH](=C)CCCC. The monoisotopic (exact) mass is 266 g/mol. The minimum Gasteiger partial charge on any atom is -0.121 e. The van der Waals surface area contributed by atoms with Crippen LogP contribution in [0.3, 0.4) is 0 Å². The quantitative estimate of drug-likeness (QED) is 0.409. The summed E-state index contributed by atoms with van der Waals surface area (Å²) in [7, 11) is -0.330. The van der Waals surface area contributed by atoms with E-state index in [4.69, 9.17) is 0 Å². The second kappa shape index (κ2) is 9.68. The Labute approximate surface area is 115 Å². The molecular weight excluding hydrogens is 235 g/mol. The molecule has 18 heavy (non-hydrogen) atoms. The summed E-state index contributed by atoms with van der Waals surface area (Å²) in [5, 5.41) is 0. The summed E-state index contributed by atoms with van der Waals surface area (Å²) < 4.78 is 0. The fourth-order valence-corrected chi connectivity index (χ4v) is 4.45. The molecule has 1 aliphatic carbocycles. The molecule has 0 aromatic rings. The molecule has 1 fully saturated rings. The Morgan fingerprint density at radius 2 is 2.00 bits per heavy atom. The van der Waals surface area contributed by atoms with E-state index in [1.807, 2.05) is 0 Å². The predicted octanol–water partition coefficient (Wildman–Crippen LogP) is 5.37. The lowest BCUT2D eigenvalue weighted by Gasteiger charge is -2.28. The Morgan fingerprint density at radius 3 is 2.72 bits per heavy atom. The largest absolute Gasteiger partial charge is 0.121 e. The Morgan fingerprint density at radius 1 is 1.22 bits per heavy atom. The maximum Gasteiger partial charge on any atom is -0.0177 e. The van der Waals surface area contributed by atoms with Gasteiger partial charge in [-0.15, -0.1) is 20.4 Å². The summed E-state index contributed by atoms with van der Waals surface area (Å²) in [6.07, 6.45) is 23.5. The fourth-order valence-electron chi connectivity index (χ4n) is 2.89. The lowest BCUT2D eigenvalue weighted by Crippen LogP contribution is -2.16. The van der Waals surface area contributed by atoms with E-state index in [-0.39, 0.29) is 7.55 Å². The highest BCUT2D eigenvalue weighted by Gasteiger charge is 2.20. The van der Waals surface area contributed by atoms with Crippen LogP contribution in [-0.2, 0) is 0 Å². The van der Waals surface area contributed by atoms with Crippen LogP contribution in [0.5, 0.6) is 0 Å². The summed E-state index contributed by atoms with van der Waals surface area (Å²) in [6, 6.07) is 0. The van der Waals surface area contributed by atoms with Gasteiger partial charge in [0.2, 0.25) is 0 Å². The first-order chi connectivity index (χ1) is 8.77. The molecular formula is C17H31P. The van der Waals surface area contributed by atoms with Crippen molar-refractivity contribution in [3.05, 3.63) is 24.8 Å². The van der Waals surface area contributed by atoms with Gasteiger partial charge in [0.15, 0.2) is 0 Å². The van der Waals surface area contributed by atoms with Crippen molar-refractivity contribution in [2.24, 2.45) is 11.8 Å². The molecule has 0 N–H and O–H groups in total. The lowest BCUT2D eigenvalue weighted by molar-refractivity contribution is 0.286. The highest BCUT2D eigenvalue weighted by molar-refractivity contribution is 7.55. The molecule has 104 valence electrons. The van der Waals surface area contributed by atoms with E-state index in [0.29, 0.717) is 0 Å². The Kier molecular flexibility index (Phi) is 8.51. The molecule has 1 heteroatoms. The topological polar surface area (TPSA) is 0 Å². The van der Waals surface area contributed by atoms with Gasteiger partial charge >= 0.3 is 0 Å². The van der Waals surface area contributed by atoms with Crippen LogP contribution >= 0.6 is 7.55 Å². The molecule has 0 aromatic heterocycles. The summed E-state index contributed by atoms with van der Waals surface area (Å²) in [6.45, 7) is 6.26. The molecule has 0 bridgehead atoms. The molecule has 3 unspecified atom stereocenters. The van der Waals surface area contributed by atoms with Gasteiger partial charge in [0, 0.05) is 0 Å². The predicted molar refractivity (Wildman–Crippen MR) is 89.5 cm³/mol. The third kappa shape index (κ3) is 6.10. The molecule has 1 saturated carbocycles. The van der Waals surface area contributed by atoms with Crippen LogP contribution in [0.4, 0.5) is 0 Å². The van der Waals surface area contributed by atoms with Gasteiger partial charge in [-0.25, -0.2) is 0 Å². The second-order valence-corrected chi connectivity index (χ2v) is 8.12. The van der Waals surface area contributed by atoms with Crippen LogP contribution in [0.1, 0.15) is 51.9 Å². The van der Waals surface area contributed by atoms with Gasteiger partial charge in [-0.05, 0) is 49.8 Å². The van der Waals surface area contributed by atoms with E-state index in [1.54, 1.807) is 0 Å². The maximum atomic E-state index is 4.33. The molecule has 1 rings (SSSR count). The van der Waals surface area contributed by atoms with Gasteiger partial charge in [0.05, 0.1) is 0 Å². The van der Waals surface area contributed by atoms with Crippen molar-refractivity contribution >= 4 is 13.8 Å². The van der Waals surface area contributed by atoms with Crippen molar-refractivity contribution in [2.45, 2.75) is 51.9 Å². The molecule has 0 aromatic carbocycles. The highest BCUT2D eigenvalue weighted by Crippen LogP contribution is 2.33. The van der Waals surface area contributed by atoms with Crippen LogP contribution < -0.4 is 0 Å². The molecule has 0 radical (unpaired) electrons. The second-order valence-electron chi connectivity index (χ2n) is 5.71. The smallest absolute Gasteiger partial charge is 0.0177 e. The first kappa shape index (κ1) is 15.8. The third-order valence-corrected chi connectivity index (χ3v) is 6.04. The summed E-state index contributed by atoms with van der Waals surface area (Å²) in [5.74, 6) is 1.64. The number of hydrogen-bond acceptors (Lipinski definition) is 0. The zero-order valence-corrected chi connectivity index (χ0v) is 13.2. The number of allylic oxidation sites excluding steroid dienone is 3. The average molecular weight is 266 g/mol. The van der Waals surface area contributed by atoms with Crippen LogP contribution in [0.2, 0.25) is 0 Å². The van der Waals surface area contributed by atoms with Crippen molar-refractivity contribution in [3.8, 4) is 0 Å². The van der Waals surface area contributed by atoms with Gasteiger partial charge in [-0.3, -0.25) is 0 Å². The molecule has 1 aliphatic rings. The van der Waals surface area contributed by atoms with E-state index in [1.165, 1.54) is 57.3 Å². The molecule has 0 amide bonds. The zero-order valence-electron chi connectivity index (χ0n) is 12.2. The van der Waals surface area contributed by atoms with E-state index < -0.39 is 0 Å². The van der Waals surface area contributed by atoms with Crippen LogP contribution in [-0.4, -0.2) is 18.6 Å². The summed E-state index contributed by atoms with van der Waals surface area (Å²) in [5.41, 5.74) is 0. The fraction of sp³-hybridized carbons (Fsp3) is 0.706. The number of unbranched alkanes of at least 4 members (excludes halogenated alkanes) is 1. The zero-order chi connectivity index (χ0) is 13.2. The number of rotatable bonds is 8. The molecule has 0 heterocycles. The maximum absolute atomic E-state index is 4.33. The minimum absolute atomic E-state index is 0.330. The summed E-state index contributed by atoms with van der Waals surface area (Å²) in [4.78, 5) is 0. The molecule has 0 saturated heterocycles. The third-order valence-electron chi connectivity index (χ3n) is 4.17. The van der Waals surface area contributed by atoms with Gasteiger partial charge in [-0.1, -0.05) is 44.4 Å². The molecule has 0 aliphatic heterocycles. The standard InChI is InChI=1S/C17H31P/c1-4-6-14-18(3)15-10-9-13-17-12-8-7-11-16(17)5-2/h5,9-10,16-18H,2-4,6-8,11-15H2,1H3/b10-9+. The van der Waals surface area contributed by atoms with Crippen molar-refractivity contribution < 1.29 is 0 Å². The van der Waals surface area contributed by atoms with Crippen LogP contribution in [0.25, 0.3) is 0 Å². The summed E-state index contributed by atoms with van der Waals surface area (Å²) >= 11 is 0. The van der Waals surface area contributed by atoms with E-state index >= 15 is 0 Å². The lowest BCUT2D eigenvalue weighted by atomic mass is 9.77. The van der Waals surface area contributed by atoms with Crippen molar-refractivity contribution in [2.75, 3.05) is 12.3 Å².